The number of benzene rings is 2. The molecule has 0 radical (unpaired) electrons. The van der Waals surface area contributed by atoms with E-state index >= 15 is 0 Å². The Bertz CT molecular complexity index is 862. The summed E-state index contributed by atoms with van der Waals surface area (Å²) in [5.41, 5.74) is 1.32. The number of H-pyrrole nitrogens is 1. The number of hydrogen-bond acceptors (Lipinski definition) is 3. The summed E-state index contributed by atoms with van der Waals surface area (Å²) in [7, 11) is 0. The van der Waals surface area contributed by atoms with Crippen molar-refractivity contribution in [2.45, 2.75) is 22.8 Å². The van der Waals surface area contributed by atoms with E-state index in [1.54, 1.807) is 13.0 Å². The van der Waals surface area contributed by atoms with Crippen LogP contribution in [0, 0.1) is 0 Å². The fraction of sp³-hybridized carbons (Fsp3) is 0.167. The van der Waals surface area contributed by atoms with E-state index in [4.69, 9.17) is 11.6 Å². The molecule has 0 saturated carbocycles. The van der Waals surface area contributed by atoms with Crippen molar-refractivity contribution in [3.05, 3.63) is 59.2 Å². The van der Waals surface area contributed by atoms with Crippen molar-refractivity contribution < 1.29 is 9.90 Å². The first-order chi connectivity index (χ1) is 11.5. The second-order valence-corrected chi connectivity index (χ2v) is 7.01. The number of aliphatic hydroxyl groups is 1. The van der Waals surface area contributed by atoms with Gasteiger partial charge in [0.25, 0.3) is 5.91 Å². The molecule has 1 unspecified atom stereocenters. The van der Waals surface area contributed by atoms with Crippen molar-refractivity contribution in [2.24, 2.45) is 0 Å². The molecule has 3 aromatic rings. The lowest BCUT2D eigenvalue weighted by molar-refractivity contribution is 0.0917. The highest BCUT2D eigenvalue weighted by Crippen LogP contribution is 2.37. The number of aliphatic hydroxyl groups excluding tert-OH is 1. The Morgan fingerprint density at radius 3 is 2.75 bits per heavy atom. The zero-order chi connectivity index (χ0) is 17.1. The fourth-order valence-corrected chi connectivity index (χ4v) is 3.57. The Balaban J connectivity index is 2.03. The maximum absolute atomic E-state index is 12.5. The van der Waals surface area contributed by atoms with Gasteiger partial charge in [0.05, 0.1) is 11.0 Å². The third-order valence-corrected chi connectivity index (χ3v) is 4.83. The summed E-state index contributed by atoms with van der Waals surface area (Å²) in [6, 6.07) is 15.3. The number of rotatable bonds is 5. The van der Waals surface area contributed by atoms with Gasteiger partial charge in [-0.05, 0) is 37.3 Å². The summed E-state index contributed by atoms with van der Waals surface area (Å²) in [6.07, 6.45) is -0.599. The first-order valence-corrected chi connectivity index (χ1v) is 8.74. The van der Waals surface area contributed by atoms with Crippen LogP contribution in [0.2, 0.25) is 5.02 Å². The minimum Gasteiger partial charge on any atom is -0.392 e. The minimum absolute atomic E-state index is 0.199. The van der Waals surface area contributed by atoms with Crippen molar-refractivity contribution in [2.75, 3.05) is 6.54 Å². The minimum atomic E-state index is -0.599. The van der Waals surface area contributed by atoms with Crippen molar-refractivity contribution in [3.8, 4) is 0 Å². The normalized spacial score (nSPS) is 12.3. The van der Waals surface area contributed by atoms with Gasteiger partial charge in [-0.15, -0.1) is 0 Å². The van der Waals surface area contributed by atoms with Crippen molar-refractivity contribution in [1.82, 2.24) is 10.3 Å². The average Bonchev–Trinajstić information content (AvgIpc) is 2.91. The number of nitrogens with one attached hydrogen (secondary N) is 2. The molecule has 124 valence electrons. The van der Waals surface area contributed by atoms with Gasteiger partial charge in [-0.2, -0.15) is 0 Å². The molecule has 2 aromatic carbocycles. The van der Waals surface area contributed by atoms with Gasteiger partial charge in [0.1, 0.15) is 5.69 Å². The summed E-state index contributed by atoms with van der Waals surface area (Å²) >= 11 is 7.64. The van der Waals surface area contributed by atoms with Crippen molar-refractivity contribution in [3.63, 3.8) is 0 Å². The summed E-state index contributed by atoms with van der Waals surface area (Å²) in [4.78, 5) is 17.5. The van der Waals surface area contributed by atoms with Crippen LogP contribution in [0.15, 0.2) is 58.3 Å². The monoisotopic (exact) mass is 360 g/mol. The largest absolute Gasteiger partial charge is 0.392 e. The lowest BCUT2D eigenvalue weighted by Crippen LogP contribution is -2.31. The highest BCUT2D eigenvalue weighted by molar-refractivity contribution is 7.99. The zero-order valence-electron chi connectivity index (χ0n) is 13.0. The van der Waals surface area contributed by atoms with E-state index < -0.39 is 6.10 Å². The molecule has 3 rings (SSSR count). The molecule has 4 nitrogen and oxygen atoms in total. The third kappa shape index (κ3) is 3.75. The lowest BCUT2D eigenvalue weighted by atomic mass is 10.2. The number of aromatic nitrogens is 1. The van der Waals surface area contributed by atoms with E-state index in [9.17, 15) is 9.90 Å². The van der Waals surface area contributed by atoms with Crippen LogP contribution in [-0.2, 0) is 0 Å². The van der Waals surface area contributed by atoms with E-state index in [1.165, 1.54) is 11.8 Å². The SMILES string of the molecule is CC(O)CNC(=O)c1[nH]c2ccc(Cl)cc2c1Sc1ccccc1. The van der Waals surface area contributed by atoms with E-state index in [-0.39, 0.29) is 12.5 Å². The molecular weight excluding hydrogens is 344 g/mol. The summed E-state index contributed by atoms with van der Waals surface area (Å²) < 4.78 is 0. The number of halogens is 1. The van der Waals surface area contributed by atoms with Gasteiger partial charge in [-0.3, -0.25) is 4.79 Å². The Kier molecular flexibility index (Phi) is 5.14. The van der Waals surface area contributed by atoms with E-state index in [0.29, 0.717) is 10.7 Å². The number of carbonyl (C=O) groups is 1. The van der Waals surface area contributed by atoms with Crippen LogP contribution < -0.4 is 5.32 Å². The van der Waals surface area contributed by atoms with Crippen LogP contribution in [0.5, 0.6) is 0 Å². The van der Waals surface area contributed by atoms with Gasteiger partial charge in [0.2, 0.25) is 0 Å². The molecule has 0 aliphatic carbocycles. The molecule has 0 aliphatic rings. The van der Waals surface area contributed by atoms with Crippen LogP contribution >= 0.6 is 23.4 Å². The highest BCUT2D eigenvalue weighted by atomic mass is 35.5. The average molecular weight is 361 g/mol. The number of hydrogen-bond donors (Lipinski definition) is 3. The van der Waals surface area contributed by atoms with E-state index in [0.717, 1.165) is 20.7 Å². The summed E-state index contributed by atoms with van der Waals surface area (Å²) in [6.45, 7) is 1.83. The first-order valence-electron chi connectivity index (χ1n) is 7.55. The summed E-state index contributed by atoms with van der Waals surface area (Å²) in [5, 5.41) is 13.6. The van der Waals surface area contributed by atoms with Gasteiger partial charge in [-0.25, -0.2) is 0 Å². The standard InChI is InChI=1S/C18H17ClN2O2S/c1-11(22)10-20-18(23)16-17(24-13-5-3-2-4-6-13)14-9-12(19)7-8-15(14)21-16/h2-9,11,21-22H,10H2,1H3,(H,20,23). The van der Waals surface area contributed by atoms with Crippen molar-refractivity contribution in [1.29, 1.82) is 0 Å². The van der Waals surface area contributed by atoms with Gasteiger partial charge < -0.3 is 15.4 Å². The topological polar surface area (TPSA) is 65.1 Å². The third-order valence-electron chi connectivity index (χ3n) is 3.46. The molecule has 1 amide bonds. The second kappa shape index (κ2) is 7.30. The van der Waals surface area contributed by atoms with Gasteiger partial charge in [0.15, 0.2) is 0 Å². The first kappa shape index (κ1) is 16.9. The zero-order valence-corrected chi connectivity index (χ0v) is 14.6. The maximum atomic E-state index is 12.5. The second-order valence-electron chi connectivity index (χ2n) is 5.49. The van der Waals surface area contributed by atoms with Crippen LogP contribution in [0.4, 0.5) is 0 Å². The Morgan fingerprint density at radius 2 is 2.04 bits per heavy atom. The Hall–Kier alpha value is -1.95. The molecule has 0 bridgehead atoms. The molecule has 1 heterocycles. The maximum Gasteiger partial charge on any atom is 0.269 e. The predicted molar refractivity (Wildman–Crippen MR) is 97.9 cm³/mol. The smallest absolute Gasteiger partial charge is 0.269 e. The number of fused-ring (bicyclic) bond motifs is 1. The Labute approximate surface area is 149 Å². The molecule has 24 heavy (non-hydrogen) atoms. The molecule has 1 atom stereocenters. The predicted octanol–water partition coefficient (Wildman–Crippen LogP) is 4.08. The van der Waals surface area contributed by atoms with Crippen LogP contribution in [0.25, 0.3) is 10.9 Å². The lowest BCUT2D eigenvalue weighted by Gasteiger charge is -2.08. The molecule has 0 fully saturated rings. The molecule has 1 aromatic heterocycles. The summed E-state index contributed by atoms with van der Waals surface area (Å²) in [5.74, 6) is -0.248. The molecule has 0 spiro atoms. The van der Waals surface area contributed by atoms with Crippen LogP contribution in [0.1, 0.15) is 17.4 Å². The number of aromatic amines is 1. The molecule has 6 heteroatoms. The Morgan fingerprint density at radius 1 is 1.29 bits per heavy atom. The van der Waals surface area contributed by atoms with Gasteiger partial charge >= 0.3 is 0 Å². The molecule has 3 N–H and O–H groups in total. The van der Waals surface area contributed by atoms with E-state index in [2.05, 4.69) is 10.3 Å². The molecular formula is C18H17ClN2O2S. The van der Waals surface area contributed by atoms with Crippen LogP contribution in [-0.4, -0.2) is 28.6 Å². The van der Waals surface area contributed by atoms with Crippen LogP contribution in [0.3, 0.4) is 0 Å². The van der Waals surface area contributed by atoms with E-state index in [1.807, 2.05) is 42.5 Å². The molecule has 0 saturated heterocycles. The highest BCUT2D eigenvalue weighted by Gasteiger charge is 2.19. The fourth-order valence-electron chi connectivity index (χ4n) is 2.34. The van der Waals surface area contributed by atoms with Gasteiger partial charge in [0, 0.05) is 27.4 Å². The van der Waals surface area contributed by atoms with Crippen molar-refractivity contribution >= 4 is 40.2 Å². The number of amides is 1. The number of carbonyl (C=O) groups excluding carboxylic acids is 1. The van der Waals surface area contributed by atoms with Gasteiger partial charge in [-0.1, -0.05) is 41.6 Å². The molecule has 0 aliphatic heterocycles. The quantitative estimate of drug-likeness (QED) is 0.642.